The SMILES string of the molecule is Cc1cccc(N(CC(=O)NCC(C)c2ccccc2)S(C)(=O)=O)c1C. The Bertz CT molecular complexity index is 864. The first-order chi connectivity index (χ1) is 12.2. The molecule has 0 saturated carbocycles. The van der Waals surface area contributed by atoms with E-state index in [1.54, 1.807) is 12.1 Å². The molecule has 0 saturated heterocycles. The molecule has 26 heavy (non-hydrogen) atoms. The van der Waals surface area contributed by atoms with Crippen LogP contribution in [0.4, 0.5) is 5.69 Å². The number of aryl methyl sites for hydroxylation is 1. The van der Waals surface area contributed by atoms with Gasteiger partial charge in [0, 0.05) is 6.54 Å². The van der Waals surface area contributed by atoms with E-state index in [9.17, 15) is 13.2 Å². The van der Waals surface area contributed by atoms with Crippen molar-refractivity contribution in [2.24, 2.45) is 0 Å². The fraction of sp³-hybridized carbons (Fsp3) is 0.350. The second kappa shape index (κ2) is 8.36. The molecule has 5 nitrogen and oxygen atoms in total. The van der Waals surface area contributed by atoms with Crippen LogP contribution in [-0.4, -0.2) is 33.7 Å². The minimum Gasteiger partial charge on any atom is -0.354 e. The van der Waals surface area contributed by atoms with E-state index in [1.165, 1.54) is 0 Å². The van der Waals surface area contributed by atoms with E-state index in [2.05, 4.69) is 5.32 Å². The normalized spacial score (nSPS) is 12.5. The Balaban J connectivity index is 2.09. The Kier molecular flexibility index (Phi) is 6.42. The van der Waals surface area contributed by atoms with Gasteiger partial charge in [-0.05, 0) is 42.5 Å². The third-order valence-electron chi connectivity index (χ3n) is 4.51. The Morgan fingerprint density at radius 2 is 1.73 bits per heavy atom. The van der Waals surface area contributed by atoms with Crippen molar-refractivity contribution >= 4 is 21.6 Å². The molecule has 0 aliphatic carbocycles. The van der Waals surface area contributed by atoms with Crippen molar-refractivity contribution in [3.63, 3.8) is 0 Å². The van der Waals surface area contributed by atoms with Gasteiger partial charge in [0.15, 0.2) is 0 Å². The maximum Gasteiger partial charge on any atom is 0.240 e. The van der Waals surface area contributed by atoms with Gasteiger partial charge in [0.25, 0.3) is 0 Å². The van der Waals surface area contributed by atoms with Crippen LogP contribution in [0.25, 0.3) is 0 Å². The summed E-state index contributed by atoms with van der Waals surface area (Å²) < 4.78 is 25.6. The molecule has 0 spiro atoms. The molecule has 1 atom stereocenters. The molecular formula is C20H26N2O3S. The second-order valence-electron chi connectivity index (χ2n) is 6.60. The van der Waals surface area contributed by atoms with E-state index in [0.29, 0.717) is 12.2 Å². The van der Waals surface area contributed by atoms with Crippen molar-refractivity contribution in [3.8, 4) is 0 Å². The monoisotopic (exact) mass is 374 g/mol. The summed E-state index contributed by atoms with van der Waals surface area (Å²) in [6.07, 6.45) is 1.12. The van der Waals surface area contributed by atoms with Gasteiger partial charge in [0.2, 0.25) is 15.9 Å². The molecule has 2 rings (SSSR count). The van der Waals surface area contributed by atoms with Gasteiger partial charge in [-0.3, -0.25) is 9.10 Å². The first-order valence-electron chi connectivity index (χ1n) is 8.55. The lowest BCUT2D eigenvalue weighted by Gasteiger charge is -2.24. The van der Waals surface area contributed by atoms with Crippen LogP contribution in [0.1, 0.15) is 29.5 Å². The molecule has 0 aliphatic heterocycles. The maximum absolute atomic E-state index is 12.4. The van der Waals surface area contributed by atoms with Crippen LogP contribution in [-0.2, 0) is 14.8 Å². The number of carbonyl (C=O) groups excluding carboxylic acids is 1. The fourth-order valence-corrected chi connectivity index (χ4v) is 3.65. The average Bonchev–Trinajstić information content (AvgIpc) is 2.60. The number of hydrogen-bond acceptors (Lipinski definition) is 3. The summed E-state index contributed by atoms with van der Waals surface area (Å²) in [6.45, 7) is 6.02. The molecule has 0 aliphatic rings. The Morgan fingerprint density at radius 1 is 1.08 bits per heavy atom. The van der Waals surface area contributed by atoms with Gasteiger partial charge < -0.3 is 5.32 Å². The zero-order valence-electron chi connectivity index (χ0n) is 15.7. The van der Waals surface area contributed by atoms with Crippen molar-refractivity contribution in [1.82, 2.24) is 5.32 Å². The van der Waals surface area contributed by atoms with Gasteiger partial charge in [-0.1, -0.05) is 49.4 Å². The lowest BCUT2D eigenvalue weighted by molar-refractivity contribution is -0.119. The summed E-state index contributed by atoms with van der Waals surface area (Å²) >= 11 is 0. The zero-order valence-corrected chi connectivity index (χ0v) is 16.5. The number of nitrogens with one attached hydrogen (secondary N) is 1. The summed E-state index contributed by atoms with van der Waals surface area (Å²) in [4.78, 5) is 12.4. The Hall–Kier alpha value is -2.34. The van der Waals surface area contributed by atoms with Gasteiger partial charge in [0.05, 0.1) is 11.9 Å². The number of carbonyl (C=O) groups is 1. The molecule has 6 heteroatoms. The van der Waals surface area contributed by atoms with Crippen LogP contribution in [0.2, 0.25) is 0 Å². The first-order valence-corrected chi connectivity index (χ1v) is 10.4. The average molecular weight is 375 g/mol. The molecule has 0 bridgehead atoms. The van der Waals surface area contributed by atoms with Gasteiger partial charge in [0.1, 0.15) is 6.54 Å². The van der Waals surface area contributed by atoms with Gasteiger partial charge >= 0.3 is 0 Å². The van der Waals surface area contributed by atoms with Crippen LogP contribution in [0.5, 0.6) is 0 Å². The number of anilines is 1. The first kappa shape index (κ1) is 20.0. The van der Waals surface area contributed by atoms with Crippen molar-refractivity contribution < 1.29 is 13.2 Å². The lowest BCUT2D eigenvalue weighted by Crippen LogP contribution is -2.41. The fourth-order valence-electron chi connectivity index (χ4n) is 2.74. The predicted octanol–water partition coefficient (Wildman–Crippen LogP) is 2.99. The number of amides is 1. The highest BCUT2D eigenvalue weighted by molar-refractivity contribution is 7.92. The largest absolute Gasteiger partial charge is 0.354 e. The van der Waals surface area contributed by atoms with Crippen LogP contribution >= 0.6 is 0 Å². The number of sulfonamides is 1. The molecule has 2 aromatic rings. The summed E-state index contributed by atoms with van der Waals surface area (Å²) in [5, 5.41) is 2.84. The van der Waals surface area contributed by atoms with Crippen molar-refractivity contribution in [2.75, 3.05) is 23.7 Å². The molecule has 0 aromatic heterocycles. The quantitative estimate of drug-likeness (QED) is 0.810. The molecule has 0 radical (unpaired) electrons. The minimum atomic E-state index is -3.57. The number of benzene rings is 2. The van der Waals surface area contributed by atoms with Crippen molar-refractivity contribution in [2.45, 2.75) is 26.7 Å². The van der Waals surface area contributed by atoms with Crippen LogP contribution in [0, 0.1) is 13.8 Å². The topological polar surface area (TPSA) is 66.5 Å². The molecule has 140 valence electrons. The molecule has 1 N–H and O–H groups in total. The number of rotatable bonds is 7. The molecular weight excluding hydrogens is 348 g/mol. The third kappa shape index (κ3) is 5.08. The maximum atomic E-state index is 12.4. The van der Waals surface area contributed by atoms with Crippen molar-refractivity contribution in [1.29, 1.82) is 0 Å². The predicted molar refractivity (Wildman–Crippen MR) is 106 cm³/mol. The molecule has 2 aromatic carbocycles. The van der Waals surface area contributed by atoms with Gasteiger partial charge in [-0.25, -0.2) is 8.42 Å². The van der Waals surface area contributed by atoms with Crippen LogP contribution < -0.4 is 9.62 Å². The van der Waals surface area contributed by atoms with Crippen molar-refractivity contribution in [3.05, 3.63) is 65.2 Å². The lowest BCUT2D eigenvalue weighted by atomic mass is 10.0. The highest BCUT2D eigenvalue weighted by atomic mass is 32.2. The zero-order chi connectivity index (χ0) is 19.3. The minimum absolute atomic E-state index is 0.146. The molecule has 0 heterocycles. The van der Waals surface area contributed by atoms with Crippen LogP contribution in [0.3, 0.4) is 0 Å². The van der Waals surface area contributed by atoms with E-state index in [1.807, 2.05) is 57.2 Å². The Labute approximate surface area is 156 Å². The number of nitrogens with zero attached hydrogens (tertiary/aromatic N) is 1. The van der Waals surface area contributed by atoms with E-state index in [4.69, 9.17) is 0 Å². The van der Waals surface area contributed by atoms with E-state index in [0.717, 1.165) is 27.3 Å². The summed E-state index contributed by atoms with van der Waals surface area (Å²) in [6, 6.07) is 15.3. The van der Waals surface area contributed by atoms with Gasteiger partial charge in [-0.15, -0.1) is 0 Å². The Morgan fingerprint density at radius 3 is 2.35 bits per heavy atom. The van der Waals surface area contributed by atoms with E-state index < -0.39 is 10.0 Å². The van der Waals surface area contributed by atoms with Crippen LogP contribution in [0.15, 0.2) is 48.5 Å². The van der Waals surface area contributed by atoms with E-state index in [-0.39, 0.29) is 18.4 Å². The molecule has 1 unspecified atom stereocenters. The number of hydrogen-bond donors (Lipinski definition) is 1. The summed E-state index contributed by atoms with van der Waals surface area (Å²) in [5.74, 6) is -0.174. The third-order valence-corrected chi connectivity index (χ3v) is 5.63. The standard InChI is InChI=1S/C20H26N2O3S/c1-15-9-8-12-19(17(15)3)22(26(4,24)25)14-20(23)21-13-16(2)18-10-6-5-7-11-18/h5-12,16H,13-14H2,1-4H3,(H,21,23). The van der Waals surface area contributed by atoms with E-state index >= 15 is 0 Å². The molecule has 1 amide bonds. The highest BCUT2D eigenvalue weighted by Crippen LogP contribution is 2.24. The summed E-state index contributed by atoms with van der Waals surface area (Å²) in [5.41, 5.74) is 3.50. The second-order valence-corrected chi connectivity index (χ2v) is 8.51. The van der Waals surface area contributed by atoms with Gasteiger partial charge in [-0.2, -0.15) is 0 Å². The summed E-state index contributed by atoms with van der Waals surface area (Å²) in [7, 11) is -3.57. The smallest absolute Gasteiger partial charge is 0.240 e. The molecule has 0 fully saturated rings. The highest BCUT2D eigenvalue weighted by Gasteiger charge is 2.23.